The Bertz CT molecular complexity index is 167. The number of hydrogen-bond donors (Lipinski definition) is 0. The van der Waals surface area contributed by atoms with Gasteiger partial charge in [-0.15, -0.1) is 18.0 Å². The lowest BCUT2D eigenvalue weighted by Gasteiger charge is -1.91. The van der Waals surface area contributed by atoms with Crippen molar-refractivity contribution >= 4 is 17.6 Å². The summed E-state index contributed by atoms with van der Waals surface area (Å²) >= 11 is 5.28. The highest BCUT2D eigenvalue weighted by Gasteiger charge is 1.89. The van der Waals surface area contributed by atoms with Gasteiger partial charge < -0.3 is 4.74 Å². The second kappa shape index (κ2) is 6.18. The molecule has 0 fully saturated rings. The maximum Gasteiger partial charge on any atom is 0.384 e. The topological polar surface area (TPSA) is 26.3 Å². The second-order valence-corrected chi connectivity index (χ2v) is 1.68. The highest BCUT2D eigenvalue weighted by Crippen LogP contribution is 1.80. The summed E-state index contributed by atoms with van der Waals surface area (Å²) in [5.74, 6) is 1.57. The molecule has 3 heteroatoms. The molecule has 0 heterocycles. The van der Waals surface area contributed by atoms with Gasteiger partial charge in [0.15, 0.2) is 0 Å². The van der Waals surface area contributed by atoms with E-state index in [-0.39, 0.29) is 6.61 Å². The number of terminal acetylenes is 1. The third-order valence-electron chi connectivity index (χ3n) is 0.684. The second-order valence-electron chi connectivity index (χ2n) is 1.37. The van der Waals surface area contributed by atoms with Gasteiger partial charge in [0.05, 0.1) is 0 Å². The average Bonchev–Trinajstić information content (AvgIpc) is 1.98. The predicted octanol–water partition coefficient (Wildman–Crippen LogP) is 0.958. The molecule has 0 bridgehead atoms. The molecular formula is C7H7ClO2. The van der Waals surface area contributed by atoms with Crippen LogP contribution in [-0.4, -0.2) is 18.5 Å². The zero-order chi connectivity index (χ0) is 7.82. The lowest BCUT2D eigenvalue weighted by Crippen LogP contribution is -1.99. The predicted molar refractivity (Wildman–Crippen MR) is 39.7 cm³/mol. The lowest BCUT2D eigenvalue weighted by molar-refractivity contribution is -0.135. The Hall–Kier alpha value is -0.940. The molecule has 0 aromatic carbocycles. The van der Waals surface area contributed by atoms with Crippen molar-refractivity contribution in [3.63, 3.8) is 0 Å². The summed E-state index contributed by atoms with van der Waals surface area (Å²) in [5.41, 5.74) is 0. The third-order valence-corrected chi connectivity index (χ3v) is 0.862. The highest BCUT2D eigenvalue weighted by atomic mass is 35.5. The molecule has 0 aromatic heterocycles. The van der Waals surface area contributed by atoms with Gasteiger partial charge in [-0.25, -0.2) is 4.79 Å². The first kappa shape index (κ1) is 9.06. The molecule has 0 atom stereocenters. The van der Waals surface area contributed by atoms with Gasteiger partial charge in [0, 0.05) is 11.8 Å². The standard InChI is InChI=1S/C7H7ClO2/c1-2-7(9)10-6-4-3-5-8/h1,3-4H,5-6H2/b4-3-. The minimum absolute atomic E-state index is 0.190. The number of ether oxygens (including phenoxy) is 1. The van der Waals surface area contributed by atoms with Crippen LogP contribution < -0.4 is 0 Å². The third kappa shape index (κ3) is 5.20. The molecule has 0 radical (unpaired) electrons. The molecule has 0 aromatic rings. The number of halogens is 1. The monoisotopic (exact) mass is 158 g/mol. The first-order chi connectivity index (χ1) is 4.81. The Morgan fingerprint density at radius 3 is 2.90 bits per heavy atom. The van der Waals surface area contributed by atoms with Crippen LogP contribution in [0.2, 0.25) is 0 Å². The zero-order valence-corrected chi connectivity index (χ0v) is 6.10. The molecule has 0 saturated carbocycles. The molecule has 10 heavy (non-hydrogen) atoms. The van der Waals surface area contributed by atoms with Crippen LogP contribution in [0.4, 0.5) is 0 Å². The SMILES string of the molecule is C#CC(=O)OC/C=C\CCl. The van der Waals surface area contributed by atoms with Gasteiger partial charge in [0.25, 0.3) is 0 Å². The molecule has 0 spiro atoms. The van der Waals surface area contributed by atoms with E-state index < -0.39 is 5.97 Å². The minimum Gasteiger partial charge on any atom is -0.452 e. The van der Waals surface area contributed by atoms with E-state index in [0.29, 0.717) is 5.88 Å². The Morgan fingerprint density at radius 1 is 1.70 bits per heavy atom. The Labute approximate surface area is 64.8 Å². The van der Waals surface area contributed by atoms with Gasteiger partial charge in [-0.2, -0.15) is 0 Å². The average molecular weight is 159 g/mol. The van der Waals surface area contributed by atoms with Crippen LogP contribution >= 0.6 is 11.6 Å². The first-order valence-electron chi connectivity index (χ1n) is 2.65. The van der Waals surface area contributed by atoms with Crippen LogP contribution in [0.5, 0.6) is 0 Å². The van der Waals surface area contributed by atoms with E-state index >= 15 is 0 Å². The van der Waals surface area contributed by atoms with E-state index in [1.165, 1.54) is 0 Å². The maximum atomic E-state index is 10.2. The molecule has 0 saturated heterocycles. The van der Waals surface area contributed by atoms with Gasteiger partial charge in [0.2, 0.25) is 0 Å². The van der Waals surface area contributed by atoms with Crippen LogP contribution in [-0.2, 0) is 9.53 Å². The smallest absolute Gasteiger partial charge is 0.384 e. The van der Waals surface area contributed by atoms with E-state index in [0.717, 1.165) is 0 Å². The fourth-order valence-corrected chi connectivity index (χ4v) is 0.422. The van der Waals surface area contributed by atoms with Gasteiger partial charge in [-0.05, 0) is 0 Å². The van der Waals surface area contributed by atoms with Crippen molar-refractivity contribution in [2.45, 2.75) is 0 Å². The van der Waals surface area contributed by atoms with Gasteiger partial charge in [-0.1, -0.05) is 12.2 Å². The summed E-state index contributed by atoms with van der Waals surface area (Å²) in [5, 5.41) is 0. The summed E-state index contributed by atoms with van der Waals surface area (Å²) in [7, 11) is 0. The number of allylic oxidation sites excluding steroid dienone is 1. The van der Waals surface area contributed by atoms with E-state index in [2.05, 4.69) is 4.74 Å². The molecule has 0 aliphatic heterocycles. The summed E-state index contributed by atoms with van der Waals surface area (Å²) in [6.07, 6.45) is 8.01. The maximum absolute atomic E-state index is 10.2. The molecule has 0 aliphatic carbocycles. The number of carbonyl (C=O) groups excluding carboxylic acids is 1. The molecule has 0 unspecified atom stereocenters. The van der Waals surface area contributed by atoms with Crippen molar-refractivity contribution in [3.05, 3.63) is 12.2 Å². The molecule has 0 amide bonds. The van der Waals surface area contributed by atoms with E-state index in [1.54, 1.807) is 12.2 Å². The largest absolute Gasteiger partial charge is 0.452 e. The number of esters is 1. The fourth-order valence-electron chi connectivity index (χ4n) is 0.297. The van der Waals surface area contributed by atoms with Crippen molar-refractivity contribution in [1.82, 2.24) is 0 Å². The number of alkyl halides is 1. The minimum atomic E-state index is -0.653. The Morgan fingerprint density at radius 2 is 2.40 bits per heavy atom. The van der Waals surface area contributed by atoms with E-state index in [4.69, 9.17) is 18.0 Å². The van der Waals surface area contributed by atoms with Crippen LogP contribution in [0, 0.1) is 12.3 Å². The molecule has 0 aliphatic rings. The van der Waals surface area contributed by atoms with Gasteiger partial charge in [-0.3, -0.25) is 0 Å². The lowest BCUT2D eigenvalue weighted by atomic mass is 10.5. The highest BCUT2D eigenvalue weighted by molar-refractivity contribution is 6.18. The van der Waals surface area contributed by atoms with Crippen molar-refractivity contribution in [2.75, 3.05) is 12.5 Å². The Kier molecular flexibility index (Phi) is 5.60. The number of carbonyl (C=O) groups is 1. The van der Waals surface area contributed by atoms with Crippen molar-refractivity contribution in [2.24, 2.45) is 0 Å². The summed E-state index contributed by atoms with van der Waals surface area (Å²) < 4.78 is 4.47. The fraction of sp³-hybridized carbons (Fsp3) is 0.286. The van der Waals surface area contributed by atoms with E-state index in [9.17, 15) is 4.79 Å². The quantitative estimate of drug-likeness (QED) is 0.201. The molecule has 54 valence electrons. The van der Waals surface area contributed by atoms with Crippen LogP contribution in [0.3, 0.4) is 0 Å². The molecule has 0 rings (SSSR count). The van der Waals surface area contributed by atoms with Crippen molar-refractivity contribution < 1.29 is 9.53 Å². The van der Waals surface area contributed by atoms with Crippen molar-refractivity contribution in [3.8, 4) is 12.3 Å². The molecule has 2 nitrogen and oxygen atoms in total. The Balaban J connectivity index is 3.30. The number of hydrogen-bond acceptors (Lipinski definition) is 2. The van der Waals surface area contributed by atoms with Crippen molar-refractivity contribution in [1.29, 1.82) is 0 Å². The number of rotatable bonds is 3. The van der Waals surface area contributed by atoms with Gasteiger partial charge in [0.1, 0.15) is 6.61 Å². The van der Waals surface area contributed by atoms with Crippen LogP contribution in [0.1, 0.15) is 0 Å². The van der Waals surface area contributed by atoms with Gasteiger partial charge >= 0.3 is 5.97 Å². The zero-order valence-electron chi connectivity index (χ0n) is 5.34. The van der Waals surface area contributed by atoms with E-state index in [1.807, 2.05) is 5.92 Å². The normalized spacial score (nSPS) is 9.20. The van der Waals surface area contributed by atoms with Crippen LogP contribution in [0.15, 0.2) is 12.2 Å². The first-order valence-corrected chi connectivity index (χ1v) is 3.19. The summed E-state index contributed by atoms with van der Waals surface area (Å²) in [6.45, 7) is 0.190. The van der Waals surface area contributed by atoms with Crippen LogP contribution in [0.25, 0.3) is 0 Å². The molecular weight excluding hydrogens is 152 g/mol. The summed E-state index contributed by atoms with van der Waals surface area (Å²) in [4.78, 5) is 10.2. The summed E-state index contributed by atoms with van der Waals surface area (Å²) in [6, 6.07) is 0. The molecule has 0 N–H and O–H groups in total.